The lowest BCUT2D eigenvalue weighted by atomic mass is 10.0. The van der Waals surface area contributed by atoms with E-state index in [1.54, 1.807) is 6.07 Å². The molecule has 2 heterocycles. The Balaban J connectivity index is 2.18. The summed E-state index contributed by atoms with van der Waals surface area (Å²) in [5.41, 5.74) is 2.99. The van der Waals surface area contributed by atoms with Crippen molar-refractivity contribution in [3.8, 4) is 0 Å². The van der Waals surface area contributed by atoms with Crippen LogP contribution in [0.2, 0.25) is 0 Å². The van der Waals surface area contributed by atoms with Gasteiger partial charge in [0.2, 0.25) is 0 Å². The summed E-state index contributed by atoms with van der Waals surface area (Å²) in [6, 6.07) is 1.15. The van der Waals surface area contributed by atoms with E-state index in [2.05, 4.69) is 10.4 Å². The highest BCUT2D eigenvalue weighted by molar-refractivity contribution is 5.18. The zero-order valence-electron chi connectivity index (χ0n) is 8.73. The van der Waals surface area contributed by atoms with Gasteiger partial charge < -0.3 is 9.47 Å². The minimum absolute atomic E-state index is 0.282. The van der Waals surface area contributed by atoms with Crippen molar-refractivity contribution in [3.63, 3.8) is 0 Å². The molecule has 0 aliphatic carbocycles. The Morgan fingerprint density at radius 3 is 3.06 bits per heavy atom. The van der Waals surface area contributed by atoms with Crippen LogP contribution in [0, 0.1) is 5.82 Å². The number of hydrogen-bond acceptors (Lipinski definition) is 5. The van der Waals surface area contributed by atoms with Gasteiger partial charge in [0.15, 0.2) is 0 Å². The number of ether oxygens (including phenoxy) is 2. The Labute approximate surface area is 92.7 Å². The predicted molar refractivity (Wildman–Crippen MR) is 54.8 cm³/mol. The molecule has 1 aromatic rings. The predicted octanol–water partition coefficient (Wildman–Crippen LogP) is 0.140. The van der Waals surface area contributed by atoms with E-state index < -0.39 is 11.9 Å². The van der Waals surface area contributed by atoms with Crippen molar-refractivity contribution in [2.24, 2.45) is 5.84 Å². The summed E-state index contributed by atoms with van der Waals surface area (Å²) < 4.78 is 24.3. The van der Waals surface area contributed by atoms with Crippen molar-refractivity contribution in [3.05, 3.63) is 29.8 Å². The summed E-state index contributed by atoms with van der Waals surface area (Å²) in [5, 5.41) is 0. The first kappa shape index (κ1) is 11.4. The summed E-state index contributed by atoms with van der Waals surface area (Å²) in [5.74, 6) is 5.03. The molecule has 1 fully saturated rings. The number of nitrogens with one attached hydrogen (secondary N) is 1. The standard InChI is InChI=1S/C10H14FN3O2/c11-8-5-13-2-1-7(8)10(14-12)9-6-15-3-4-16-9/h1-2,5,9-10,14H,3-4,6,12H2. The largest absolute Gasteiger partial charge is 0.376 e. The number of pyridine rings is 1. The molecule has 0 bridgehead atoms. The fourth-order valence-electron chi connectivity index (χ4n) is 1.73. The van der Waals surface area contributed by atoms with Crippen molar-refractivity contribution in [1.29, 1.82) is 0 Å². The Hall–Kier alpha value is -1.08. The van der Waals surface area contributed by atoms with Crippen LogP contribution in [0.3, 0.4) is 0 Å². The number of nitrogens with two attached hydrogens (primary N) is 1. The van der Waals surface area contributed by atoms with Crippen LogP contribution in [0.25, 0.3) is 0 Å². The van der Waals surface area contributed by atoms with Gasteiger partial charge in [-0.2, -0.15) is 0 Å². The van der Waals surface area contributed by atoms with Gasteiger partial charge in [0.1, 0.15) is 11.9 Å². The highest BCUT2D eigenvalue weighted by Crippen LogP contribution is 2.22. The summed E-state index contributed by atoms with van der Waals surface area (Å²) in [7, 11) is 0. The zero-order chi connectivity index (χ0) is 11.4. The van der Waals surface area contributed by atoms with Crippen molar-refractivity contribution in [1.82, 2.24) is 10.4 Å². The van der Waals surface area contributed by atoms with Crippen LogP contribution in [0.15, 0.2) is 18.5 Å². The quantitative estimate of drug-likeness (QED) is 0.568. The SMILES string of the molecule is NNC(c1ccncc1F)C1COCCO1. The van der Waals surface area contributed by atoms with Crippen molar-refractivity contribution in [2.75, 3.05) is 19.8 Å². The molecule has 0 aromatic carbocycles. The number of aromatic nitrogens is 1. The monoisotopic (exact) mass is 227 g/mol. The maximum absolute atomic E-state index is 13.5. The van der Waals surface area contributed by atoms with Gasteiger partial charge >= 0.3 is 0 Å². The topological polar surface area (TPSA) is 69.4 Å². The molecule has 88 valence electrons. The molecule has 6 heteroatoms. The molecule has 1 aliphatic heterocycles. The third kappa shape index (κ3) is 2.35. The molecule has 2 unspecified atom stereocenters. The van der Waals surface area contributed by atoms with Crippen LogP contribution in [-0.2, 0) is 9.47 Å². The van der Waals surface area contributed by atoms with E-state index >= 15 is 0 Å². The molecule has 1 aromatic heterocycles. The normalized spacial score (nSPS) is 23.0. The van der Waals surface area contributed by atoms with E-state index in [9.17, 15) is 4.39 Å². The number of halogens is 1. The van der Waals surface area contributed by atoms with Crippen molar-refractivity contribution < 1.29 is 13.9 Å². The first-order valence-electron chi connectivity index (χ1n) is 5.08. The molecule has 1 aliphatic rings. The maximum Gasteiger partial charge on any atom is 0.146 e. The van der Waals surface area contributed by atoms with Gasteiger partial charge in [-0.3, -0.25) is 16.3 Å². The molecule has 2 rings (SSSR count). The van der Waals surface area contributed by atoms with E-state index in [0.29, 0.717) is 25.4 Å². The van der Waals surface area contributed by atoms with Crippen LogP contribution in [-0.4, -0.2) is 30.9 Å². The average Bonchev–Trinajstić information content (AvgIpc) is 2.34. The molecule has 1 saturated heterocycles. The fourth-order valence-corrected chi connectivity index (χ4v) is 1.73. The summed E-state index contributed by atoms with van der Waals surface area (Å²) in [4.78, 5) is 3.69. The molecule has 16 heavy (non-hydrogen) atoms. The Morgan fingerprint density at radius 2 is 2.44 bits per heavy atom. The molecular weight excluding hydrogens is 213 g/mol. The number of hydrogen-bond donors (Lipinski definition) is 2. The number of rotatable bonds is 3. The van der Waals surface area contributed by atoms with Gasteiger partial charge in [0.05, 0.1) is 32.1 Å². The summed E-state index contributed by atoms with van der Waals surface area (Å²) in [6.45, 7) is 1.46. The van der Waals surface area contributed by atoms with Gasteiger partial charge in [0.25, 0.3) is 0 Å². The summed E-state index contributed by atoms with van der Waals surface area (Å²) >= 11 is 0. The highest BCUT2D eigenvalue weighted by atomic mass is 19.1. The molecule has 0 radical (unpaired) electrons. The minimum Gasteiger partial charge on any atom is -0.376 e. The molecule has 0 spiro atoms. The third-order valence-electron chi connectivity index (χ3n) is 2.53. The van der Waals surface area contributed by atoms with Crippen LogP contribution >= 0.6 is 0 Å². The van der Waals surface area contributed by atoms with Gasteiger partial charge in [-0.1, -0.05) is 0 Å². The van der Waals surface area contributed by atoms with Crippen LogP contribution < -0.4 is 11.3 Å². The molecule has 2 atom stereocenters. The van der Waals surface area contributed by atoms with Crippen LogP contribution in [0.5, 0.6) is 0 Å². The second-order valence-electron chi connectivity index (χ2n) is 3.53. The van der Waals surface area contributed by atoms with E-state index in [1.165, 1.54) is 6.20 Å². The Morgan fingerprint density at radius 1 is 1.56 bits per heavy atom. The molecule has 0 saturated carbocycles. The average molecular weight is 227 g/mol. The molecular formula is C10H14FN3O2. The number of hydrazine groups is 1. The lowest BCUT2D eigenvalue weighted by Gasteiger charge is -2.30. The lowest BCUT2D eigenvalue weighted by Crippen LogP contribution is -2.43. The zero-order valence-corrected chi connectivity index (χ0v) is 8.73. The first-order valence-corrected chi connectivity index (χ1v) is 5.08. The highest BCUT2D eigenvalue weighted by Gasteiger charge is 2.27. The Kier molecular flexibility index (Phi) is 3.79. The van der Waals surface area contributed by atoms with Crippen molar-refractivity contribution >= 4 is 0 Å². The third-order valence-corrected chi connectivity index (χ3v) is 2.53. The molecule has 0 amide bonds. The maximum atomic E-state index is 13.5. The number of nitrogens with zero attached hydrogens (tertiary/aromatic N) is 1. The van der Waals surface area contributed by atoms with Gasteiger partial charge in [0, 0.05) is 11.8 Å². The summed E-state index contributed by atoms with van der Waals surface area (Å²) in [6.07, 6.45) is 2.39. The van der Waals surface area contributed by atoms with Gasteiger partial charge in [-0.25, -0.2) is 4.39 Å². The fraction of sp³-hybridized carbons (Fsp3) is 0.500. The van der Waals surface area contributed by atoms with Gasteiger partial charge in [-0.05, 0) is 6.07 Å². The first-order chi connectivity index (χ1) is 7.83. The molecule has 3 N–H and O–H groups in total. The molecule has 5 nitrogen and oxygen atoms in total. The lowest BCUT2D eigenvalue weighted by molar-refractivity contribution is -0.103. The Bertz CT molecular complexity index is 345. The van der Waals surface area contributed by atoms with E-state index in [4.69, 9.17) is 15.3 Å². The second kappa shape index (κ2) is 5.31. The van der Waals surface area contributed by atoms with Crippen molar-refractivity contribution in [2.45, 2.75) is 12.1 Å². The van der Waals surface area contributed by atoms with Gasteiger partial charge in [-0.15, -0.1) is 0 Å². The second-order valence-corrected chi connectivity index (χ2v) is 3.53. The van der Waals surface area contributed by atoms with Crippen LogP contribution in [0.4, 0.5) is 4.39 Å². The van der Waals surface area contributed by atoms with E-state index in [1.807, 2.05) is 0 Å². The van der Waals surface area contributed by atoms with E-state index in [0.717, 1.165) is 6.20 Å². The minimum atomic E-state index is -0.428. The van der Waals surface area contributed by atoms with Crippen LogP contribution in [0.1, 0.15) is 11.6 Å². The van der Waals surface area contributed by atoms with E-state index in [-0.39, 0.29) is 6.10 Å². The smallest absolute Gasteiger partial charge is 0.146 e.